The standard InChI is InChI=1S/C27H36N4O/c1-26(2)15-22(16-27(3,4)30-26)28-17-21-19-31(18-20-11-7-6-8-12-20)29-25(21)23-13-9-10-14-24(23)32-5/h6-14,19,22,28,30H,15-18H2,1-5H3. The lowest BCUT2D eigenvalue weighted by atomic mass is 9.79. The Hall–Kier alpha value is -2.63. The third kappa shape index (κ3) is 5.40. The Labute approximate surface area is 192 Å². The third-order valence-corrected chi connectivity index (χ3v) is 6.16. The van der Waals surface area contributed by atoms with E-state index in [0.717, 1.165) is 42.9 Å². The summed E-state index contributed by atoms with van der Waals surface area (Å²) in [5.41, 5.74) is 4.68. The number of nitrogens with zero attached hydrogens (tertiary/aromatic N) is 2. The van der Waals surface area contributed by atoms with E-state index in [2.05, 4.69) is 74.9 Å². The van der Waals surface area contributed by atoms with Gasteiger partial charge in [-0.05, 0) is 58.2 Å². The molecule has 2 N–H and O–H groups in total. The van der Waals surface area contributed by atoms with Gasteiger partial charge in [-0.3, -0.25) is 4.68 Å². The van der Waals surface area contributed by atoms with Crippen LogP contribution in [0.25, 0.3) is 11.3 Å². The molecule has 0 aliphatic carbocycles. The van der Waals surface area contributed by atoms with Crippen LogP contribution in [0.4, 0.5) is 0 Å². The number of ether oxygens (including phenoxy) is 1. The molecule has 1 aliphatic heterocycles. The molecule has 0 unspecified atom stereocenters. The van der Waals surface area contributed by atoms with Gasteiger partial charge < -0.3 is 15.4 Å². The number of methoxy groups -OCH3 is 1. The van der Waals surface area contributed by atoms with E-state index in [1.165, 1.54) is 11.1 Å². The predicted molar refractivity (Wildman–Crippen MR) is 131 cm³/mol. The van der Waals surface area contributed by atoms with Gasteiger partial charge in [0.15, 0.2) is 0 Å². The molecular weight excluding hydrogens is 396 g/mol. The van der Waals surface area contributed by atoms with Crippen molar-refractivity contribution in [3.63, 3.8) is 0 Å². The maximum absolute atomic E-state index is 5.65. The van der Waals surface area contributed by atoms with Gasteiger partial charge in [-0.1, -0.05) is 42.5 Å². The summed E-state index contributed by atoms with van der Waals surface area (Å²) in [5, 5.41) is 12.6. The number of piperidine rings is 1. The van der Waals surface area contributed by atoms with Gasteiger partial charge in [0.2, 0.25) is 0 Å². The van der Waals surface area contributed by atoms with Crippen molar-refractivity contribution in [3.05, 3.63) is 71.9 Å². The Balaban J connectivity index is 1.61. The third-order valence-electron chi connectivity index (χ3n) is 6.16. The summed E-state index contributed by atoms with van der Waals surface area (Å²) in [7, 11) is 1.72. The Kier molecular flexibility index (Phi) is 6.40. The minimum Gasteiger partial charge on any atom is -0.496 e. The molecule has 2 aromatic carbocycles. The molecule has 1 aromatic heterocycles. The fourth-order valence-electron chi connectivity index (χ4n) is 5.23. The number of benzene rings is 2. The van der Waals surface area contributed by atoms with E-state index in [1.807, 2.05) is 28.9 Å². The fraction of sp³-hybridized carbons (Fsp3) is 0.444. The van der Waals surface area contributed by atoms with Crippen LogP contribution in [0.3, 0.4) is 0 Å². The van der Waals surface area contributed by atoms with Gasteiger partial charge in [0.1, 0.15) is 11.4 Å². The first-order chi connectivity index (χ1) is 15.2. The minimum atomic E-state index is 0.113. The lowest BCUT2D eigenvalue weighted by Crippen LogP contribution is -2.61. The molecule has 4 rings (SSSR count). The van der Waals surface area contributed by atoms with E-state index in [-0.39, 0.29) is 11.1 Å². The number of hydrogen-bond acceptors (Lipinski definition) is 4. The minimum absolute atomic E-state index is 0.113. The van der Waals surface area contributed by atoms with Crippen LogP contribution in [-0.2, 0) is 13.1 Å². The first kappa shape index (κ1) is 22.6. The highest BCUT2D eigenvalue weighted by molar-refractivity contribution is 5.69. The molecule has 5 heteroatoms. The van der Waals surface area contributed by atoms with Gasteiger partial charge in [-0.15, -0.1) is 0 Å². The molecule has 3 aromatic rings. The average Bonchev–Trinajstić information content (AvgIpc) is 3.13. The zero-order chi connectivity index (χ0) is 22.8. The smallest absolute Gasteiger partial charge is 0.128 e. The Morgan fingerprint density at radius 1 is 1.00 bits per heavy atom. The lowest BCUT2D eigenvalue weighted by Gasteiger charge is -2.46. The summed E-state index contributed by atoms with van der Waals surface area (Å²) in [4.78, 5) is 0. The quantitative estimate of drug-likeness (QED) is 0.551. The number of nitrogens with one attached hydrogen (secondary N) is 2. The maximum Gasteiger partial charge on any atom is 0.128 e. The van der Waals surface area contributed by atoms with E-state index in [4.69, 9.17) is 9.84 Å². The molecule has 2 heterocycles. The van der Waals surface area contributed by atoms with E-state index in [0.29, 0.717) is 6.04 Å². The summed E-state index contributed by atoms with van der Waals surface area (Å²) in [5.74, 6) is 0.850. The molecule has 0 spiro atoms. The van der Waals surface area contributed by atoms with Crippen molar-refractivity contribution in [1.82, 2.24) is 20.4 Å². The highest BCUT2D eigenvalue weighted by Gasteiger charge is 2.37. The summed E-state index contributed by atoms with van der Waals surface area (Å²) < 4.78 is 7.70. The van der Waals surface area contributed by atoms with Gasteiger partial charge in [-0.25, -0.2) is 0 Å². The molecule has 0 radical (unpaired) electrons. The zero-order valence-corrected chi connectivity index (χ0v) is 20.0. The molecule has 0 saturated carbocycles. The number of rotatable bonds is 7. The van der Waals surface area contributed by atoms with Crippen LogP contribution in [0.5, 0.6) is 5.75 Å². The van der Waals surface area contributed by atoms with E-state index >= 15 is 0 Å². The zero-order valence-electron chi connectivity index (χ0n) is 20.0. The van der Waals surface area contributed by atoms with Gasteiger partial charge in [0.25, 0.3) is 0 Å². The van der Waals surface area contributed by atoms with E-state index in [1.54, 1.807) is 7.11 Å². The highest BCUT2D eigenvalue weighted by Crippen LogP contribution is 2.32. The van der Waals surface area contributed by atoms with Crippen molar-refractivity contribution in [1.29, 1.82) is 0 Å². The number of hydrogen-bond donors (Lipinski definition) is 2. The highest BCUT2D eigenvalue weighted by atomic mass is 16.5. The van der Waals surface area contributed by atoms with E-state index in [9.17, 15) is 0 Å². The van der Waals surface area contributed by atoms with Gasteiger partial charge in [-0.2, -0.15) is 5.10 Å². The molecule has 0 atom stereocenters. The average molecular weight is 433 g/mol. The molecule has 170 valence electrons. The van der Waals surface area contributed by atoms with Gasteiger partial charge in [0, 0.05) is 41.0 Å². The molecule has 1 aliphatic rings. The van der Waals surface area contributed by atoms with Crippen LogP contribution < -0.4 is 15.4 Å². The van der Waals surface area contributed by atoms with Crippen molar-refractivity contribution in [2.45, 2.75) is 70.7 Å². The normalized spacial score (nSPS) is 17.9. The molecule has 1 saturated heterocycles. The molecule has 5 nitrogen and oxygen atoms in total. The topological polar surface area (TPSA) is 51.1 Å². The second kappa shape index (κ2) is 9.08. The summed E-state index contributed by atoms with van der Waals surface area (Å²) >= 11 is 0. The van der Waals surface area contributed by atoms with Crippen LogP contribution in [0, 0.1) is 0 Å². The van der Waals surface area contributed by atoms with Crippen LogP contribution in [0.2, 0.25) is 0 Å². The lowest BCUT2D eigenvalue weighted by molar-refractivity contribution is 0.145. The second-order valence-electron chi connectivity index (χ2n) is 10.3. The largest absolute Gasteiger partial charge is 0.496 e. The molecule has 32 heavy (non-hydrogen) atoms. The summed E-state index contributed by atoms with van der Waals surface area (Å²) in [6, 6.07) is 19.1. The SMILES string of the molecule is COc1ccccc1-c1nn(Cc2ccccc2)cc1CNC1CC(C)(C)NC(C)(C)C1. The van der Waals surface area contributed by atoms with Crippen LogP contribution in [0.1, 0.15) is 51.7 Å². The van der Waals surface area contributed by atoms with Crippen LogP contribution >= 0.6 is 0 Å². The van der Waals surface area contributed by atoms with Gasteiger partial charge >= 0.3 is 0 Å². The fourth-order valence-corrected chi connectivity index (χ4v) is 5.23. The summed E-state index contributed by atoms with van der Waals surface area (Å²) in [6.45, 7) is 10.7. The van der Waals surface area contributed by atoms with Crippen molar-refractivity contribution < 1.29 is 4.74 Å². The predicted octanol–water partition coefficient (Wildman–Crippen LogP) is 5.01. The van der Waals surface area contributed by atoms with Crippen molar-refractivity contribution in [2.75, 3.05) is 7.11 Å². The molecule has 0 amide bonds. The molecule has 1 fully saturated rings. The Morgan fingerprint density at radius 3 is 2.34 bits per heavy atom. The van der Waals surface area contributed by atoms with Gasteiger partial charge in [0.05, 0.1) is 13.7 Å². The Morgan fingerprint density at radius 2 is 1.66 bits per heavy atom. The van der Waals surface area contributed by atoms with Crippen molar-refractivity contribution in [3.8, 4) is 17.0 Å². The van der Waals surface area contributed by atoms with Crippen LogP contribution in [0.15, 0.2) is 60.8 Å². The number of aromatic nitrogens is 2. The Bertz CT molecular complexity index is 1020. The monoisotopic (exact) mass is 432 g/mol. The van der Waals surface area contributed by atoms with E-state index < -0.39 is 0 Å². The van der Waals surface area contributed by atoms with Crippen LogP contribution in [-0.4, -0.2) is 34.0 Å². The second-order valence-corrected chi connectivity index (χ2v) is 10.3. The summed E-state index contributed by atoms with van der Waals surface area (Å²) in [6.07, 6.45) is 4.37. The number of para-hydroxylation sites is 1. The maximum atomic E-state index is 5.65. The van der Waals surface area contributed by atoms with Crippen molar-refractivity contribution in [2.24, 2.45) is 0 Å². The first-order valence-electron chi connectivity index (χ1n) is 11.5. The first-order valence-corrected chi connectivity index (χ1v) is 11.5. The van der Waals surface area contributed by atoms with Crippen molar-refractivity contribution >= 4 is 0 Å². The molecule has 0 bridgehead atoms. The molecular formula is C27H36N4O.